The lowest BCUT2D eigenvalue weighted by Gasteiger charge is -2.12. The van der Waals surface area contributed by atoms with E-state index in [2.05, 4.69) is 11.1 Å². The molecule has 26 heavy (non-hydrogen) atoms. The number of nitriles is 1. The number of allylic oxidation sites excluding steroid dienone is 1. The van der Waals surface area contributed by atoms with Crippen LogP contribution in [0.2, 0.25) is 0 Å². The molecule has 0 unspecified atom stereocenters. The topological polar surface area (TPSA) is 69.3 Å². The Kier molecular flexibility index (Phi) is 4.81. The predicted molar refractivity (Wildman–Crippen MR) is 100 cm³/mol. The van der Waals surface area contributed by atoms with Crippen LogP contribution in [0.4, 0.5) is 0 Å². The van der Waals surface area contributed by atoms with Crippen LogP contribution in [0.25, 0.3) is 22.7 Å². The van der Waals surface area contributed by atoms with Gasteiger partial charge in [-0.1, -0.05) is 12.1 Å². The second-order valence-electron chi connectivity index (χ2n) is 5.60. The summed E-state index contributed by atoms with van der Waals surface area (Å²) in [6.07, 6.45) is 1.74. The quantitative estimate of drug-likeness (QED) is 0.658. The van der Waals surface area contributed by atoms with Gasteiger partial charge < -0.3 is 18.8 Å². The van der Waals surface area contributed by atoms with Crippen LogP contribution in [0.15, 0.2) is 36.4 Å². The second-order valence-corrected chi connectivity index (χ2v) is 5.60. The summed E-state index contributed by atoms with van der Waals surface area (Å²) in [7, 11) is 6.59. The number of para-hydroxylation sites is 2. The highest BCUT2D eigenvalue weighted by molar-refractivity contribution is 5.92. The summed E-state index contributed by atoms with van der Waals surface area (Å²) in [5.74, 6) is 2.28. The van der Waals surface area contributed by atoms with Gasteiger partial charge in [-0.15, -0.1) is 0 Å². The van der Waals surface area contributed by atoms with Crippen LogP contribution >= 0.6 is 0 Å². The molecule has 0 saturated heterocycles. The van der Waals surface area contributed by atoms with Crippen molar-refractivity contribution >= 4 is 22.7 Å². The smallest absolute Gasteiger partial charge is 0.164 e. The van der Waals surface area contributed by atoms with Crippen molar-refractivity contribution in [3.05, 3.63) is 47.8 Å². The zero-order chi connectivity index (χ0) is 18.7. The van der Waals surface area contributed by atoms with Crippen LogP contribution < -0.4 is 14.2 Å². The Bertz CT molecular complexity index is 1030. The van der Waals surface area contributed by atoms with Gasteiger partial charge in [0, 0.05) is 18.7 Å². The Hall–Kier alpha value is -3.46. The number of imidazole rings is 1. The molecule has 2 aromatic carbocycles. The van der Waals surface area contributed by atoms with Gasteiger partial charge in [-0.3, -0.25) is 0 Å². The lowest BCUT2D eigenvalue weighted by atomic mass is 10.1. The third kappa shape index (κ3) is 2.95. The van der Waals surface area contributed by atoms with E-state index in [0.29, 0.717) is 34.2 Å². The van der Waals surface area contributed by atoms with Gasteiger partial charge in [-0.05, 0) is 24.3 Å². The number of fused-ring (bicyclic) bond motifs is 1. The molecule has 132 valence electrons. The van der Waals surface area contributed by atoms with E-state index in [4.69, 9.17) is 14.2 Å². The number of hydrogen-bond acceptors (Lipinski definition) is 5. The molecule has 1 heterocycles. The zero-order valence-electron chi connectivity index (χ0n) is 15.1. The van der Waals surface area contributed by atoms with Gasteiger partial charge >= 0.3 is 0 Å². The second kappa shape index (κ2) is 7.19. The van der Waals surface area contributed by atoms with Crippen LogP contribution in [0.3, 0.4) is 0 Å². The fraction of sp³-hybridized carbons (Fsp3) is 0.200. The van der Waals surface area contributed by atoms with Crippen molar-refractivity contribution in [3.8, 4) is 23.3 Å². The van der Waals surface area contributed by atoms with Crippen molar-refractivity contribution in [1.29, 1.82) is 5.26 Å². The number of methoxy groups -OCH3 is 3. The Balaban J connectivity index is 2.17. The number of benzene rings is 2. The molecule has 0 aliphatic rings. The first-order chi connectivity index (χ1) is 12.6. The van der Waals surface area contributed by atoms with Crippen molar-refractivity contribution < 1.29 is 14.2 Å². The third-order valence-electron chi connectivity index (χ3n) is 4.18. The summed E-state index contributed by atoms with van der Waals surface area (Å²) < 4.78 is 18.0. The molecule has 0 atom stereocenters. The highest BCUT2D eigenvalue weighted by Crippen LogP contribution is 2.36. The monoisotopic (exact) mass is 349 g/mol. The van der Waals surface area contributed by atoms with Crippen LogP contribution in [-0.2, 0) is 7.05 Å². The summed E-state index contributed by atoms with van der Waals surface area (Å²) in [5.41, 5.74) is 2.93. The molecule has 0 spiro atoms. The van der Waals surface area contributed by atoms with Crippen molar-refractivity contribution in [2.45, 2.75) is 0 Å². The molecule has 6 nitrogen and oxygen atoms in total. The Morgan fingerprint density at radius 1 is 1.04 bits per heavy atom. The van der Waals surface area contributed by atoms with E-state index in [1.165, 1.54) is 0 Å². The third-order valence-corrected chi connectivity index (χ3v) is 4.18. The number of hydrogen-bond donors (Lipinski definition) is 0. The van der Waals surface area contributed by atoms with Gasteiger partial charge in [-0.2, -0.15) is 5.26 Å². The molecule has 0 bridgehead atoms. The van der Waals surface area contributed by atoms with Crippen molar-refractivity contribution in [2.75, 3.05) is 21.3 Å². The largest absolute Gasteiger partial charge is 0.496 e. The molecule has 0 aliphatic carbocycles. The van der Waals surface area contributed by atoms with E-state index in [-0.39, 0.29) is 0 Å². The summed E-state index contributed by atoms with van der Waals surface area (Å²) in [5, 5.41) is 9.71. The van der Waals surface area contributed by atoms with Gasteiger partial charge in [0.15, 0.2) is 17.3 Å². The van der Waals surface area contributed by atoms with Gasteiger partial charge in [0.05, 0.1) is 37.9 Å². The van der Waals surface area contributed by atoms with E-state index >= 15 is 0 Å². The van der Waals surface area contributed by atoms with Crippen LogP contribution in [-0.4, -0.2) is 30.9 Å². The number of rotatable bonds is 5. The molecule has 6 heteroatoms. The van der Waals surface area contributed by atoms with Crippen molar-refractivity contribution in [3.63, 3.8) is 0 Å². The van der Waals surface area contributed by atoms with Crippen LogP contribution in [0.5, 0.6) is 17.2 Å². The average Bonchev–Trinajstić information content (AvgIpc) is 3.02. The van der Waals surface area contributed by atoms with Gasteiger partial charge in [0.2, 0.25) is 0 Å². The summed E-state index contributed by atoms with van der Waals surface area (Å²) in [6, 6.07) is 13.5. The predicted octanol–water partition coefficient (Wildman–Crippen LogP) is 3.66. The summed E-state index contributed by atoms with van der Waals surface area (Å²) in [4.78, 5) is 4.59. The number of aromatic nitrogens is 2. The maximum atomic E-state index is 9.71. The molecule has 0 N–H and O–H groups in total. The Morgan fingerprint density at radius 3 is 2.31 bits per heavy atom. The molecule has 1 aromatic heterocycles. The van der Waals surface area contributed by atoms with Crippen molar-refractivity contribution in [1.82, 2.24) is 9.55 Å². The highest BCUT2D eigenvalue weighted by atomic mass is 16.5. The number of ether oxygens (including phenoxy) is 3. The fourth-order valence-electron chi connectivity index (χ4n) is 2.85. The Morgan fingerprint density at radius 2 is 1.69 bits per heavy atom. The highest BCUT2D eigenvalue weighted by Gasteiger charge is 2.15. The van der Waals surface area contributed by atoms with Gasteiger partial charge in [0.25, 0.3) is 0 Å². The summed E-state index contributed by atoms with van der Waals surface area (Å²) in [6.45, 7) is 0. The minimum atomic E-state index is 0.425. The normalized spacial score (nSPS) is 11.3. The van der Waals surface area contributed by atoms with Crippen LogP contribution in [0, 0.1) is 11.3 Å². The Labute approximate surface area is 151 Å². The molecule has 0 saturated carbocycles. The standard InChI is InChI=1S/C20H19N3O3/c1-23-16-8-6-5-7-15(16)22-20(23)14(12-21)9-13-10-18(25-3)19(26-4)11-17(13)24-2/h5-11H,1-4H3/b14-9+. The molecule has 0 fully saturated rings. The van der Waals surface area contributed by atoms with E-state index in [1.54, 1.807) is 39.5 Å². The molecule has 0 amide bonds. The first-order valence-electron chi connectivity index (χ1n) is 7.96. The molecule has 3 aromatic rings. The van der Waals surface area contributed by atoms with E-state index < -0.39 is 0 Å². The minimum Gasteiger partial charge on any atom is -0.496 e. The average molecular weight is 349 g/mol. The van der Waals surface area contributed by atoms with E-state index in [9.17, 15) is 5.26 Å². The first-order valence-corrected chi connectivity index (χ1v) is 7.96. The fourth-order valence-corrected chi connectivity index (χ4v) is 2.85. The van der Waals surface area contributed by atoms with E-state index in [1.807, 2.05) is 35.9 Å². The molecular weight excluding hydrogens is 330 g/mol. The molecule has 3 rings (SSSR count). The lowest BCUT2D eigenvalue weighted by Crippen LogP contribution is -1.97. The maximum absolute atomic E-state index is 9.71. The van der Waals surface area contributed by atoms with Crippen molar-refractivity contribution in [2.24, 2.45) is 7.05 Å². The van der Waals surface area contributed by atoms with Gasteiger partial charge in [-0.25, -0.2) is 4.98 Å². The lowest BCUT2D eigenvalue weighted by molar-refractivity contribution is 0.348. The molecule has 0 radical (unpaired) electrons. The van der Waals surface area contributed by atoms with Crippen LogP contribution in [0.1, 0.15) is 11.4 Å². The molecular formula is C20H19N3O3. The number of aryl methyl sites for hydroxylation is 1. The SMILES string of the molecule is COc1cc(OC)c(OC)cc1/C=C(\C#N)c1nc2ccccc2n1C. The van der Waals surface area contributed by atoms with E-state index in [0.717, 1.165) is 11.0 Å². The zero-order valence-corrected chi connectivity index (χ0v) is 15.1. The van der Waals surface area contributed by atoms with Gasteiger partial charge in [0.1, 0.15) is 11.8 Å². The first kappa shape index (κ1) is 17.4. The molecule has 0 aliphatic heterocycles. The summed E-state index contributed by atoms with van der Waals surface area (Å²) >= 11 is 0. The number of nitrogens with zero attached hydrogens (tertiary/aromatic N) is 3. The maximum Gasteiger partial charge on any atom is 0.164 e. The minimum absolute atomic E-state index is 0.425.